The number of benzene rings is 1. The maximum atomic E-state index is 10.9. The minimum Gasteiger partial charge on any atom is -0.496 e. The fourth-order valence-electron chi connectivity index (χ4n) is 2.33. The monoisotopic (exact) mass is 280 g/mol. The molecular formula is C15H24N2O3. The first-order chi connectivity index (χ1) is 9.27. The molecule has 1 rings (SSSR count). The Morgan fingerprint density at radius 3 is 2.45 bits per heavy atom. The zero-order chi connectivity index (χ0) is 15.3. The quantitative estimate of drug-likeness (QED) is 0.642. The van der Waals surface area contributed by atoms with Gasteiger partial charge in [0, 0.05) is 12.1 Å². The van der Waals surface area contributed by atoms with Crippen molar-refractivity contribution >= 4 is 5.69 Å². The van der Waals surface area contributed by atoms with Gasteiger partial charge in [0.15, 0.2) is 0 Å². The van der Waals surface area contributed by atoms with Crippen LogP contribution in [-0.4, -0.2) is 25.1 Å². The number of rotatable bonds is 6. The highest BCUT2D eigenvalue weighted by molar-refractivity contribution is 5.42. The molecule has 0 aliphatic rings. The highest BCUT2D eigenvalue weighted by Crippen LogP contribution is 2.26. The zero-order valence-corrected chi connectivity index (χ0v) is 12.9. The molecule has 1 atom stereocenters. The first kappa shape index (κ1) is 16.4. The van der Waals surface area contributed by atoms with Crippen molar-refractivity contribution in [2.24, 2.45) is 5.41 Å². The molecule has 20 heavy (non-hydrogen) atoms. The number of hydrogen-bond donors (Lipinski definition) is 1. The summed E-state index contributed by atoms with van der Waals surface area (Å²) >= 11 is 0. The molecular weight excluding hydrogens is 256 g/mol. The van der Waals surface area contributed by atoms with Crippen LogP contribution in [-0.2, 0) is 6.42 Å². The van der Waals surface area contributed by atoms with Crippen LogP contribution >= 0.6 is 0 Å². The second kappa shape index (κ2) is 6.70. The van der Waals surface area contributed by atoms with Gasteiger partial charge in [0.1, 0.15) is 5.75 Å². The highest BCUT2D eigenvalue weighted by atomic mass is 16.6. The topological polar surface area (TPSA) is 64.4 Å². The summed E-state index contributed by atoms with van der Waals surface area (Å²) in [5.41, 5.74) is 1.16. The van der Waals surface area contributed by atoms with Gasteiger partial charge in [-0.05, 0) is 36.9 Å². The number of ether oxygens (including phenoxy) is 1. The zero-order valence-electron chi connectivity index (χ0n) is 12.9. The third kappa shape index (κ3) is 4.49. The number of nitrogens with one attached hydrogen (secondary N) is 1. The van der Waals surface area contributed by atoms with Crippen LogP contribution in [0.2, 0.25) is 0 Å². The summed E-state index contributed by atoms with van der Waals surface area (Å²) < 4.78 is 5.13. The van der Waals surface area contributed by atoms with Crippen LogP contribution in [0.5, 0.6) is 5.75 Å². The summed E-state index contributed by atoms with van der Waals surface area (Å²) in [4.78, 5) is 10.5. The van der Waals surface area contributed by atoms with Gasteiger partial charge in [0.25, 0.3) is 5.69 Å². The molecule has 0 saturated carbocycles. The fraction of sp³-hybridized carbons (Fsp3) is 0.600. The van der Waals surface area contributed by atoms with Gasteiger partial charge in [-0.15, -0.1) is 0 Å². The summed E-state index contributed by atoms with van der Waals surface area (Å²) in [6.07, 6.45) is 1.70. The molecule has 5 nitrogen and oxygen atoms in total. The smallest absolute Gasteiger partial charge is 0.273 e. The van der Waals surface area contributed by atoms with Crippen LogP contribution in [0.1, 0.15) is 32.8 Å². The molecule has 1 aromatic rings. The van der Waals surface area contributed by atoms with E-state index in [1.165, 1.54) is 13.2 Å². The first-order valence-electron chi connectivity index (χ1n) is 6.77. The van der Waals surface area contributed by atoms with Crippen molar-refractivity contribution in [3.05, 3.63) is 33.9 Å². The van der Waals surface area contributed by atoms with E-state index in [1.807, 2.05) is 13.1 Å². The lowest BCUT2D eigenvalue weighted by Crippen LogP contribution is -2.38. The fourth-order valence-corrected chi connectivity index (χ4v) is 2.33. The van der Waals surface area contributed by atoms with E-state index in [2.05, 4.69) is 26.1 Å². The van der Waals surface area contributed by atoms with E-state index in [-0.39, 0.29) is 16.0 Å². The third-order valence-corrected chi connectivity index (χ3v) is 3.51. The van der Waals surface area contributed by atoms with Gasteiger partial charge in [-0.3, -0.25) is 10.1 Å². The summed E-state index contributed by atoms with van der Waals surface area (Å²) in [5.74, 6) is 0.533. The lowest BCUT2D eigenvalue weighted by Gasteiger charge is -2.30. The summed E-state index contributed by atoms with van der Waals surface area (Å²) in [5, 5.41) is 14.2. The molecule has 112 valence electrons. The predicted molar refractivity (Wildman–Crippen MR) is 80.3 cm³/mol. The normalized spacial score (nSPS) is 13.1. The minimum absolute atomic E-state index is 0.0797. The molecule has 0 aromatic heterocycles. The van der Waals surface area contributed by atoms with E-state index >= 15 is 0 Å². The van der Waals surface area contributed by atoms with Crippen LogP contribution in [0.3, 0.4) is 0 Å². The number of nitrogens with zero attached hydrogens (tertiary/aromatic N) is 1. The van der Waals surface area contributed by atoms with Crippen LogP contribution in [0, 0.1) is 15.5 Å². The van der Waals surface area contributed by atoms with Crippen molar-refractivity contribution in [2.75, 3.05) is 14.2 Å². The largest absolute Gasteiger partial charge is 0.496 e. The van der Waals surface area contributed by atoms with E-state index in [0.717, 1.165) is 18.4 Å². The SMILES string of the molecule is CNC(CCc1cc(OC)cc([N+](=O)[O-])c1)C(C)(C)C. The van der Waals surface area contributed by atoms with Gasteiger partial charge in [-0.2, -0.15) is 0 Å². The van der Waals surface area contributed by atoms with E-state index in [1.54, 1.807) is 6.07 Å². The van der Waals surface area contributed by atoms with Gasteiger partial charge >= 0.3 is 0 Å². The Morgan fingerprint density at radius 1 is 1.35 bits per heavy atom. The third-order valence-electron chi connectivity index (χ3n) is 3.51. The van der Waals surface area contributed by atoms with E-state index in [0.29, 0.717) is 11.8 Å². The Morgan fingerprint density at radius 2 is 2.00 bits per heavy atom. The maximum Gasteiger partial charge on any atom is 0.273 e. The molecule has 0 radical (unpaired) electrons. The Kier molecular flexibility index (Phi) is 5.51. The van der Waals surface area contributed by atoms with Gasteiger partial charge < -0.3 is 10.1 Å². The molecule has 1 unspecified atom stereocenters. The van der Waals surface area contributed by atoms with Crippen molar-refractivity contribution in [1.29, 1.82) is 0 Å². The van der Waals surface area contributed by atoms with Gasteiger partial charge in [0.2, 0.25) is 0 Å². The van der Waals surface area contributed by atoms with Crippen LogP contribution in [0.4, 0.5) is 5.69 Å². The molecule has 0 heterocycles. The Bertz CT molecular complexity index is 467. The molecule has 0 aliphatic carbocycles. The van der Waals surface area contributed by atoms with Gasteiger partial charge in [-0.1, -0.05) is 20.8 Å². The lowest BCUT2D eigenvalue weighted by atomic mass is 9.83. The Balaban J connectivity index is 2.86. The summed E-state index contributed by atoms with van der Waals surface area (Å²) in [7, 11) is 3.47. The summed E-state index contributed by atoms with van der Waals surface area (Å²) in [6, 6.07) is 5.29. The van der Waals surface area contributed by atoms with Crippen LogP contribution in [0.15, 0.2) is 18.2 Å². The standard InChI is InChI=1S/C15H24N2O3/c1-15(2,3)14(16-4)7-6-11-8-12(17(18)19)10-13(9-11)20-5/h8-10,14,16H,6-7H2,1-5H3. The number of aryl methyl sites for hydroxylation is 1. The Hall–Kier alpha value is -1.62. The number of methoxy groups -OCH3 is 1. The van der Waals surface area contributed by atoms with Crippen molar-refractivity contribution in [3.63, 3.8) is 0 Å². The number of hydrogen-bond acceptors (Lipinski definition) is 4. The molecule has 0 aliphatic heterocycles. The van der Waals surface area contributed by atoms with Crippen molar-refractivity contribution in [1.82, 2.24) is 5.32 Å². The van der Waals surface area contributed by atoms with Crippen molar-refractivity contribution in [3.8, 4) is 5.75 Å². The Labute approximate surface area is 120 Å². The van der Waals surface area contributed by atoms with E-state index in [4.69, 9.17) is 4.74 Å². The molecule has 0 bridgehead atoms. The molecule has 0 amide bonds. The maximum absolute atomic E-state index is 10.9. The second-order valence-electron chi connectivity index (χ2n) is 6.04. The van der Waals surface area contributed by atoms with E-state index in [9.17, 15) is 10.1 Å². The van der Waals surface area contributed by atoms with Crippen molar-refractivity contribution < 1.29 is 9.66 Å². The first-order valence-corrected chi connectivity index (χ1v) is 6.77. The number of nitro groups is 1. The second-order valence-corrected chi connectivity index (χ2v) is 6.04. The molecule has 0 fully saturated rings. The molecule has 5 heteroatoms. The van der Waals surface area contributed by atoms with Crippen LogP contribution in [0.25, 0.3) is 0 Å². The average molecular weight is 280 g/mol. The number of nitro benzene ring substituents is 1. The predicted octanol–water partition coefficient (Wildman–Crippen LogP) is 3.17. The molecule has 1 N–H and O–H groups in total. The minimum atomic E-state index is -0.384. The number of non-ortho nitro benzene ring substituents is 1. The molecule has 0 saturated heterocycles. The van der Waals surface area contributed by atoms with Gasteiger partial charge in [-0.25, -0.2) is 0 Å². The molecule has 0 spiro atoms. The summed E-state index contributed by atoms with van der Waals surface area (Å²) in [6.45, 7) is 6.55. The van der Waals surface area contributed by atoms with E-state index < -0.39 is 0 Å². The van der Waals surface area contributed by atoms with Crippen LogP contribution < -0.4 is 10.1 Å². The van der Waals surface area contributed by atoms with Crippen molar-refractivity contribution in [2.45, 2.75) is 39.7 Å². The van der Waals surface area contributed by atoms with Gasteiger partial charge in [0.05, 0.1) is 18.1 Å². The average Bonchev–Trinajstić information content (AvgIpc) is 2.37. The molecule has 1 aromatic carbocycles. The lowest BCUT2D eigenvalue weighted by molar-refractivity contribution is -0.385. The highest BCUT2D eigenvalue weighted by Gasteiger charge is 2.22.